The molecule has 7 nitrogen and oxygen atoms in total. The molecule has 2 heterocycles. The number of hydrogen-bond donors (Lipinski definition) is 3. The molecule has 0 radical (unpaired) electrons. The minimum absolute atomic E-state index is 0.0177. The van der Waals surface area contributed by atoms with Crippen molar-refractivity contribution in [2.45, 2.75) is 43.5 Å². The molecule has 29 heavy (non-hydrogen) atoms. The van der Waals surface area contributed by atoms with Crippen molar-refractivity contribution in [1.29, 1.82) is 0 Å². The van der Waals surface area contributed by atoms with E-state index in [9.17, 15) is 28.9 Å². The zero-order valence-corrected chi connectivity index (χ0v) is 16.5. The van der Waals surface area contributed by atoms with Gasteiger partial charge in [-0.15, -0.1) is 0 Å². The molecule has 2 aliphatic rings. The second kappa shape index (κ2) is 8.51. The summed E-state index contributed by atoms with van der Waals surface area (Å²) in [7, 11) is 0. The number of carbonyl (C=O) groups excluding carboxylic acids is 1. The van der Waals surface area contributed by atoms with Gasteiger partial charge in [0.15, 0.2) is 11.6 Å². The highest BCUT2D eigenvalue weighted by atomic mass is 19.2. The van der Waals surface area contributed by atoms with Crippen LogP contribution in [0, 0.1) is 11.6 Å². The van der Waals surface area contributed by atoms with E-state index in [1.165, 1.54) is 19.1 Å². The molecule has 1 aromatic rings. The summed E-state index contributed by atoms with van der Waals surface area (Å²) in [5.41, 5.74) is -2.68. The lowest BCUT2D eigenvalue weighted by atomic mass is 9.86. The van der Waals surface area contributed by atoms with E-state index in [0.29, 0.717) is 32.5 Å². The Kier molecular flexibility index (Phi) is 6.42. The molecular formula is C20H28F2N2O5. The lowest BCUT2D eigenvalue weighted by Gasteiger charge is -2.46. The molecule has 9 heteroatoms. The SMILES string of the molecule is CC(=O)N1CCC(O)(CN2CC[C@H](O)[C@@](O)(COc3cccc(F)c3F)C2)CC1. The van der Waals surface area contributed by atoms with E-state index in [1.54, 1.807) is 4.90 Å². The van der Waals surface area contributed by atoms with Crippen LogP contribution in [0.25, 0.3) is 0 Å². The van der Waals surface area contributed by atoms with Crippen molar-refractivity contribution >= 4 is 5.91 Å². The van der Waals surface area contributed by atoms with Crippen LogP contribution in [0.2, 0.25) is 0 Å². The maximum atomic E-state index is 13.8. The number of carbonyl (C=O) groups is 1. The first-order valence-corrected chi connectivity index (χ1v) is 9.79. The summed E-state index contributed by atoms with van der Waals surface area (Å²) in [6.45, 7) is 2.78. The van der Waals surface area contributed by atoms with Crippen LogP contribution in [0.1, 0.15) is 26.2 Å². The molecule has 2 fully saturated rings. The van der Waals surface area contributed by atoms with Crippen molar-refractivity contribution < 1.29 is 33.6 Å². The Bertz CT molecular complexity index is 742. The molecular weight excluding hydrogens is 386 g/mol. The molecule has 1 amide bonds. The number of nitrogens with zero attached hydrogens (tertiary/aromatic N) is 2. The second-order valence-corrected chi connectivity index (χ2v) is 8.19. The number of rotatable bonds is 5. The van der Waals surface area contributed by atoms with Crippen molar-refractivity contribution in [1.82, 2.24) is 9.80 Å². The van der Waals surface area contributed by atoms with Crippen LogP contribution in [0.15, 0.2) is 18.2 Å². The molecule has 0 unspecified atom stereocenters. The molecule has 0 aromatic heterocycles. The highest BCUT2D eigenvalue weighted by Gasteiger charge is 2.44. The first-order chi connectivity index (χ1) is 13.6. The Labute approximate surface area is 168 Å². The number of halogens is 2. The zero-order chi connectivity index (χ0) is 21.2. The van der Waals surface area contributed by atoms with Gasteiger partial charge < -0.3 is 25.0 Å². The van der Waals surface area contributed by atoms with Gasteiger partial charge in [-0.1, -0.05) is 6.07 Å². The Morgan fingerprint density at radius 2 is 1.93 bits per heavy atom. The highest BCUT2D eigenvalue weighted by molar-refractivity contribution is 5.73. The normalized spacial score (nSPS) is 27.7. The van der Waals surface area contributed by atoms with Crippen molar-refractivity contribution in [3.05, 3.63) is 29.8 Å². The maximum absolute atomic E-state index is 13.8. The number of likely N-dealkylation sites (tertiary alicyclic amines) is 2. The van der Waals surface area contributed by atoms with E-state index < -0.39 is 35.5 Å². The molecule has 3 rings (SSSR count). The summed E-state index contributed by atoms with van der Waals surface area (Å²) in [5, 5.41) is 32.1. The van der Waals surface area contributed by atoms with Crippen LogP contribution < -0.4 is 4.74 Å². The summed E-state index contributed by atoms with van der Waals surface area (Å²) in [4.78, 5) is 15.0. The standard InChI is InChI=1S/C20H28F2N2O5/c1-14(25)24-9-6-19(27,7-10-24)11-23-8-5-17(26)20(28,12-23)13-29-16-4-2-3-15(21)18(16)22/h2-4,17,26-28H,5-13H2,1H3/t17-,20-/m0/s1. The van der Waals surface area contributed by atoms with Gasteiger partial charge in [0.1, 0.15) is 12.2 Å². The van der Waals surface area contributed by atoms with Crippen LogP contribution in [-0.4, -0.2) is 87.7 Å². The van der Waals surface area contributed by atoms with Crippen LogP contribution in [0.5, 0.6) is 5.75 Å². The van der Waals surface area contributed by atoms with Crippen molar-refractivity contribution in [2.24, 2.45) is 0 Å². The summed E-state index contributed by atoms with van der Waals surface area (Å²) in [5.74, 6) is -2.56. The fourth-order valence-corrected chi connectivity index (χ4v) is 4.03. The van der Waals surface area contributed by atoms with Gasteiger partial charge in [-0.05, 0) is 31.4 Å². The largest absolute Gasteiger partial charge is 0.487 e. The maximum Gasteiger partial charge on any atom is 0.219 e. The monoisotopic (exact) mass is 414 g/mol. The van der Waals surface area contributed by atoms with Crippen molar-refractivity contribution in [3.8, 4) is 5.75 Å². The smallest absolute Gasteiger partial charge is 0.219 e. The van der Waals surface area contributed by atoms with Crippen LogP contribution in [0.4, 0.5) is 8.78 Å². The van der Waals surface area contributed by atoms with Gasteiger partial charge in [0.05, 0.1) is 11.7 Å². The number of aliphatic hydroxyl groups excluding tert-OH is 1. The molecule has 1 aromatic carbocycles. The van der Waals surface area contributed by atoms with E-state index in [0.717, 1.165) is 6.07 Å². The van der Waals surface area contributed by atoms with Gasteiger partial charge in [-0.2, -0.15) is 4.39 Å². The van der Waals surface area contributed by atoms with Gasteiger partial charge in [-0.3, -0.25) is 9.69 Å². The molecule has 0 bridgehead atoms. The number of ether oxygens (including phenoxy) is 1. The highest BCUT2D eigenvalue weighted by Crippen LogP contribution is 2.29. The number of piperidine rings is 2. The topological polar surface area (TPSA) is 93.5 Å². The molecule has 3 N–H and O–H groups in total. The average Bonchev–Trinajstić information content (AvgIpc) is 2.66. The number of aliphatic hydroxyl groups is 3. The van der Waals surface area contributed by atoms with E-state index in [4.69, 9.17) is 4.74 Å². The quantitative estimate of drug-likeness (QED) is 0.650. The average molecular weight is 414 g/mol. The number of β-amino-alcohol motifs (C(OH)–C–C–N with tert-alkyl or cyclic N) is 2. The van der Waals surface area contributed by atoms with Gasteiger partial charge >= 0.3 is 0 Å². The summed E-state index contributed by atoms with van der Waals surface area (Å²) in [6.07, 6.45) is 0.00947. The predicted molar refractivity (Wildman–Crippen MR) is 100 cm³/mol. The molecule has 2 atom stereocenters. The Morgan fingerprint density at radius 3 is 2.59 bits per heavy atom. The van der Waals surface area contributed by atoms with E-state index in [2.05, 4.69) is 0 Å². The van der Waals surface area contributed by atoms with Crippen LogP contribution in [-0.2, 0) is 4.79 Å². The third kappa shape index (κ3) is 5.03. The first-order valence-electron chi connectivity index (χ1n) is 9.79. The molecule has 2 aliphatic heterocycles. The second-order valence-electron chi connectivity index (χ2n) is 8.19. The number of benzene rings is 1. The molecule has 0 aliphatic carbocycles. The summed E-state index contributed by atoms with van der Waals surface area (Å²) >= 11 is 0. The summed E-state index contributed by atoms with van der Waals surface area (Å²) < 4.78 is 32.4. The minimum Gasteiger partial charge on any atom is -0.487 e. The third-order valence-corrected chi connectivity index (χ3v) is 5.89. The van der Waals surface area contributed by atoms with Gasteiger partial charge in [0.2, 0.25) is 11.7 Å². The first kappa shape index (κ1) is 21.9. The molecule has 162 valence electrons. The van der Waals surface area contributed by atoms with E-state index >= 15 is 0 Å². The molecule has 2 saturated heterocycles. The number of hydrogen-bond acceptors (Lipinski definition) is 6. The van der Waals surface area contributed by atoms with E-state index in [-0.39, 0.29) is 31.2 Å². The third-order valence-electron chi connectivity index (χ3n) is 5.89. The van der Waals surface area contributed by atoms with E-state index in [1.807, 2.05) is 4.90 Å². The fourth-order valence-electron chi connectivity index (χ4n) is 4.03. The Hall–Kier alpha value is -1.81. The zero-order valence-electron chi connectivity index (χ0n) is 16.5. The van der Waals surface area contributed by atoms with Gasteiger partial charge in [-0.25, -0.2) is 4.39 Å². The van der Waals surface area contributed by atoms with Crippen molar-refractivity contribution in [2.75, 3.05) is 39.3 Å². The lowest BCUT2D eigenvalue weighted by Crippen LogP contribution is -2.62. The molecule has 0 saturated carbocycles. The number of amides is 1. The van der Waals surface area contributed by atoms with Crippen molar-refractivity contribution in [3.63, 3.8) is 0 Å². The van der Waals surface area contributed by atoms with Gasteiger partial charge in [0.25, 0.3) is 0 Å². The summed E-state index contributed by atoms with van der Waals surface area (Å²) in [6, 6.07) is 3.51. The Morgan fingerprint density at radius 1 is 1.24 bits per heavy atom. The lowest BCUT2D eigenvalue weighted by molar-refractivity contribution is -0.153. The fraction of sp³-hybridized carbons (Fsp3) is 0.650. The Balaban J connectivity index is 1.60. The minimum atomic E-state index is -1.69. The van der Waals surface area contributed by atoms with Crippen LogP contribution in [0.3, 0.4) is 0 Å². The molecule has 0 spiro atoms. The predicted octanol–water partition coefficient (Wildman–Crippen LogP) is 0.515. The van der Waals surface area contributed by atoms with Gasteiger partial charge in [0, 0.05) is 39.6 Å². The van der Waals surface area contributed by atoms with Crippen LogP contribution >= 0.6 is 0 Å².